The molecule has 5 nitrogen and oxygen atoms in total. The summed E-state index contributed by atoms with van der Waals surface area (Å²) >= 11 is 1.78. The van der Waals surface area contributed by atoms with Crippen molar-refractivity contribution in [2.45, 2.75) is 17.6 Å². The van der Waals surface area contributed by atoms with Crippen LogP contribution in [-0.4, -0.2) is 46.9 Å². The van der Waals surface area contributed by atoms with Crippen molar-refractivity contribution >= 4 is 17.7 Å². The molecular weight excluding hydrogens is 310 g/mol. The van der Waals surface area contributed by atoms with Crippen LogP contribution in [0.4, 0.5) is 0 Å². The lowest BCUT2D eigenvalue weighted by molar-refractivity contribution is 0.0298. The summed E-state index contributed by atoms with van der Waals surface area (Å²) < 4.78 is 7.20. The Bertz CT molecular complexity index is 778. The zero-order valence-electron chi connectivity index (χ0n) is 13.3. The fourth-order valence-electron chi connectivity index (χ4n) is 3.23. The van der Waals surface area contributed by atoms with Crippen LogP contribution in [0.2, 0.25) is 0 Å². The Morgan fingerprint density at radius 3 is 2.87 bits per heavy atom. The van der Waals surface area contributed by atoms with Crippen LogP contribution in [0.5, 0.6) is 0 Å². The summed E-state index contributed by atoms with van der Waals surface area (Å²) in [6, 6.07) is 6.48. The van der Waals surface area contributed by atoms with E-state index in [-0.39, 0.29) is 5.91 Å². The number of hydrogen-bond acceptors (Lipinski definition) is 4. The van der Waals surface area contributed by atoms with Crippen LogP contribution < -0.4 is 0 Å². The summed E-state index contributed by atoms with van der Waals surface area (Å²) in [5.41, 5.74) is 5.15. The number of amides is 1. The Balaban J connectivity index is 1.78. The van der Waals surface area contributed by atoms with Crippen LogP contribution in [0.15, 0.2) is 23.1 Å². The minimum atomic E-state index is 0.0295. The van der Waals surface area contributed by atoms with E-state index in [2.05, 4.69) is 30.2 Å². The highest BCUT2D eigenvalue weighted by Crippen LogP contribution is 2.43. The highest BCUT2D eigenvalue weighted by atomic mass is 32.2. The van der Waals surface area contributed by atoms with Gasteiger partial charge in [-0.1, -0.05) is 11.6 Å². The molecule has 0 radical (unpaired) electrons. The first kappa shape index (κ1) is 14.8. The largest absolute Gasteiger partial charge is 0.378 e. The molecule has 2 aromatic rings. The Labute approximate surface area is 139 Å². The van der Waals surface area contributed by atoms with Gasteiger partial charge in [-0.15, -0.1) is 11.8 Å². The van der Waals surface area contributed by atoms with Crippen molar-refractivity contribution in [1.29, 1.82) is 0 Å². The van der Waals surface area contributed by atoms with Crippen molar-refractivity contribution < 1.29 is 9.53 Å². The summed E-state index contributed by atoms with van der Waals surface area (Å²) in [6.07, 6.45) is 0. The molecule has 0 atom stereocenters. The number of aryl methyl sites for hydroxylation is 2. The van der Waals surface area contributed by atoms with Gasteiger partial charge in [-0.05, 0) is 19.1 Å². The molecule has 0 spiro atoms. The lowest BCUT2D eigenvalue weighted by atomic mass is 10.0. The number of nitrogens with zero attached hydrogens (tertiary/aromatic N) is 3. The predicted octanol–water partition coefficient (Wildman–Crippen LogP) is 2.47. The minimum Gasteiger partial charge on any atom is -0.378 e. The van der Waals surface area contributed by atoms with Gasteiger partial charge in [0.15, 0.2) is 5.69 Å². The third-order valence-corrected chi connectivity index (χ3v) is 5.51. The van der Waals surface area contributed by atoms with Crippen molar-refractivity contribution in [2.24, 2.45) is 7.05 Å². The van der Waals surface area contributed by atoms with Crippen LogP contribution in [0.3, 0.4) is 0 Å². The van der Waals surface area contributed by atoms with Crippen molar-refractivity contribution in [3.8, 4) is 11.3 Å². The molecule has 2 aliphatic rings. The average Bonchev–Trinajstić information content (AvgIpc) is 2.92. The zero-order valence-corrected chi connectivity index (χ0v) is 14.2. The molecule has 2 aliphatic heterocycles. The topological polar surface area (TPSA) is 47.4 Å². The van der Waals surface area contributed by atoms with Gasteiger partial charge in [-0.2, -0.15) is 5.10 Å². The van der Waals surface area contributed by atoms with E-state index in [4.69, 9.17) is 4.74 Å². The summed E-state index contributed by atoms with van der Waals surface area (Å²) in [4.78, 5) is 16.0. The predicted molar refractivity (Wildman–Crippen MR) is 89.7 cm³/mol. The molecule has 0 N–H and O–H groups in total. The third kappa shape index (κ3) is 2.46. The molecule has 0 saturated carbocycles. The fraction of sp³-hybridized carbons (Fsp3) is 0.412. The zero-order chi connectivity index (χ0) is 16.0. The Morgan fingerprint density at radius 1 is 1.30 bits per heavy atom. The van der Waals surface area contributed by atoms with Gasteiger partial charge >= 0.3 is 0 Å². The molecule has 1 saturated heterocycles. The first-order chi connectivity index (χ1) is 11.1. The van der Waals surface area contributed by atoms with E-state index >= 15 is 0 Å². The fourth-order valence-corrected chi connectivity index (χ4v) is 4.28. The maximum Gasteiger partial charge on any atom is 0.274 e. The standard InChI is InChI=1S/C17H19N3O2S/c1-11-3-4-14-12(9-11)16-13(10-23-14)15(18-19(16)2)17(21)20-5-7-22-8-6-20/h3-4,9H,5-8,10H2,1-2H3. The SMILES string of the molecule is Cc1ccc2c(c1)-c1c(c(C(=O)N3CCOCC3)nn1C)CS2. The number of rotatable bonds is 1. The van der Waals surface area contributed by atoms with Gasteiger partial charge in [-0.3, -0.25) is 9.48 Å². The lowest BCUT2D eigenvalue weighted by Crippen LogP contribution is -2.41. The summed E-state index contributed by atoms with van der Waals surface area (Å²) in [7, 11) is 1.93. The van der Waals surface area contributed by atoms with Crippen LogP contribution in [0, 0.1) is 6.92 Å². The summed E-state index contributed by atoms with van der Waals surface area (Å²) in [5, 5.41) is 4.57. The van der Waals surface area contributed by atoms with Crippen molar-refractivity contribution in [3.05, 3.63) is 35.0 Å². The third-order valence-electron chi connectivity index (χ3n) is 4.41. The van der Waals surface area contributed by atoms with Gasteiger partial charge in [0, 0.05) is 41.9 Å². The van der Waals surface area contributed by atoms with Crippen LogP contribution >= 0.6 is 11.8 Å². The highest BCUT2D eigenvalue weighted by Gasteiger charge is 2.30. The van der Waals surface area contributed by atoms with Crippen molar-refractivity contribution in [3.63, 3.8) is 0 Å². The van der Waals surface area contributed by atoms with E-state index in [0.717, 1.165) is 17.0 Å². The molecule has 4 rings (SSSR count). The summed E-state index contributed by atoms with van der Waals surface area (Å²) in [6.45, 7) is 4.60. The van der Waals surface area contributed by atoms with E-state index in [1.54, 1.807) is 11.8 Å². The smallest absolute Gasteiger partial charge is 0.274 e. The molecule has 1 aromatic heterocycles. The van der Waals surface area contributed by atoms with Crippen LogP contribution in [0.1, 0.15) is 21.6 Å². The van der Waals surface area contributed by atoms with Crippen LogP contribution in [-0.2, 0) is 17.5 Å². The van der Waals surface area contributed by atoms with E-state index < -0.39 is 0 Å². The normalized spacial score (nSPS) is 16.9. The van der Waals surface area contributed by atoms with E-state index in [1.807, 2.05) is 16.6 Å². The number of hydrogen-bond donors (Lipinski definition) is 0. The van der Waals surface area contributed by atoms with Crippen LogP contribution in [0.25, 0.3) is 11.3 Å². The number of carbonyl (C=O) groups excluding carboxylic acids is 1. The first-order valence-corrected chi connectivity index (χ1v) is 8.80. The molecular formula is C17H19N3O2S. The average molecular weight is 329 g/mol. The number of morpholine rings is 1. The Kier molecular flexibility index (Phi) is 3.66. The van der Waals surface area contributed by atoms with Crippen molar-refractivity contribution in [2.75, 3.05) is 26.3 Å². The molecule has 23 heavy (non-hydrogen) atoms. The maximum atomic E-state index is 12.8. The van der Waals surface area contributed by atoms with Gasteiger partial charge in [0.2, 0.25) is 0 Å². The molecule has 1 fully saturated rings. The molecule has 0 aliphatic carbocycles. The molecule has 3 heterocycles. The summed E-state index contributed by atoms with van der Waals surface area (Å²) in [5.74, 6) is 0.826. The van der Waals surface area contributed by atoms with Gasteiger partial charge in [-0.25, -0.2) is 0 Å². The second kappa shape index (κ2) is 5.69. The molecule has 120 valence electrons. The second-order valence-electron chi connectivity index (χ2n) is 5.99. The maximum absolute atomic E-state index is 12.8. The number of thioether (sulfide) groups is 1. The number of aromatic nitrogens is 2. The number of ether oxygens (including phenoxy) is 1. The van der Waals surface area contributed by atoms with Crippen molar-refractivity contribution in [1.82, 2.24) is 14.7 Å². The Hall–Kier alpha value is -1.79. The van der Waals surface area contributed by atoms with Gasteiger partial charge < -0.3 is 9.64 Å². The minimum absolute atomic E-state index is 0.0295. The quantitative estimate of drug-likeness (QED) is 0.806. The second-order valence-corrected chi connectivity index (χ2v) is 7.01. The Morgan fingerprint density at radius 2 is 2.09 bits per heavy atom. The highest BCUT2D eigenvalue weighted by molar-refractivity contribution is 7.98. The van der Waals surface area contributed by atoms with Gasteiger partial charge in [0.25, 0.3) is 5.91 Å². The number of benzene rings is 1. The molecule has 1 aromatic carbocycles. The number of carbonyl (C=O) groups is 1. The number of fused-ring (bicyclic) bond motifs is 3. The molecule has 1 amide bonds. The monoisotopic (exact) mass is 329 g/mol. The van der Waals surface area contributed by atoms with Gasteiger partial charge in [0.05, 0.1) is 18.9 Å². The molecule has 6 heteroatoms. The van der Waals surface area contributed by atoms with E-state index in [9.17, 15) is 4.79 Å². The molecule has 0 bridgehead atoms. The molecule has 0 unspecified atom stereocenters. The van der Waals surface area contributed by atoms with E-state index in [1.165, 1.54) is 16.0 Å². The lowest BCUT2D eigenvalue weighted by Gasteiger charge is -2.26. The van der Waals surface area contributed by atoms with E-state index in [0.29, 0.717) is 32.0 Å². The first-order valence-electron chi connectivity index (χ1n) is 7.82. The van der Waals surface area contributed by atoms with Gasteiger partial charge in [0.1, 0.15) is 0 Å².